The van der Waals surface area contributed by atoms with Gasteiger partial charge in [-0.3, -0.25) is 0 Å². The van der Waals surface area contributed by atoms with Gasteiger partial charge in [-0.1, -0.05) is 18.2 Å². The minimum atomic E-state index is 0.932. The summed E-state index contributed by atoms with van der Waals surface area (Å²) in [6.45, 7) is 2.94. The fourth-order valence-corrected chi connectivity index (χ4v) is 3.08. The van der Waals surface area contributed by atoms with Crippen molar-refractivity contribution in [2.75, 3.05) is 25.0 Å². The van der Waals surface area contributed by atoms with Crippen LogP contribution in [0.25, 0.3) is 5.69 Å². The Morgan fingerprint density at radius 1 is 0.957 bits per heavy atom. The molecule has 0 atom stereocenters. The Balaban J connectivity index is 1.79. The second kappa shape index (κ2) is 5.85. The normalized spacial score (nSPS) is 15.3. The maximum absolute atomic E-state index is 4.23. The van der Waals surface area contributed by atoms with Crippen LogP contribution in [0.3, 0.4) is 0 Å². The highest BCUT2D eigenvalue weighted by Crippen LogP contribution is 2.32. The highest BCUT2D eigenvalue weighted by molar-refractivity contribution is 5.68. The molecular formula is C18H19N5. The summed E-state index contributed by atoms with van der Waals surface area (Å²) in [6.07, 6.45) is 3.30. The lowest BCUT2D eigenvalue weighted by Gasteiger charge is -2.25. The number of hydrogen-bond donors (Lipinski definition) is 0. The van der Waals surface area contributed by atoms with E-state index >= 15 is 0 Å². The number of nitrogens with zero attached hydrogens (tertiary/aromatic N) is 5. The van der Waals surface area contributed by atoms with Crippen molar-refractivity contribution in [1.29, 1.82) is 0 Å². The summed E-state index contributed by atoms with van der Waals surface area (Å²) < 4.78 is 1.80. The molecule has 3 aromatic rings. The molecule has 0 bridgehead atoms. The second-order valence-electron chi connectivity index (χ2n) is 5.88. The Hall–Kier alpha value is -2.66. The molecule has 1 aliphatic heterocycles. The van der Waals surface area contributed by atoms with E-state index in [1.807, 2.05) is 0 Å². The van der Waals surface area contributed by atoms with Gasteiger partial charge in [0.25, 0.3) is 0 Å². The highest BCUT2D eigenvalue weighted by Gasteiger charge is 2.19. The molecule has 0 radical (unpaired) electrons. The fraction of sp³-hybridized carbons (Fsp3) is 0.222. The number of anilines is 2. The minimum absolute atomic E-state index is 0.932. The van der Waals surface area contributed by atoms with Gasteiger partial charge in [0.15, 0.2) is 0 Å². The molecule has 0 fully saturated rings. The van der Waals surface area contributed by atoms with Gasteiger partial charge in [-0.2, -0.15) is 5.10 Å². The highest BCUT2D eigenvalue weighted by atomic mass is 15.3. The zero-order chi connectivity index (χ0) is 15.6. The number of para-hydroxylation sites is 1. The predicted molar refractivity (Wildman–Crippen MR) is 91.1 cm³/mol. The van der Waals surface area contributed by atoms with Gasteiger partial charge in [0.05, 0.1) is 5.69 Å². The maximum Gasteiger partial charge on any atom is 0.138 e. The Kier molecular flexibility index (Phi) is 3.55. The monoisotopic (exact) mass is 305 g/mol. The summed E-state index contributed by atoms with van der Waals surface area (Å²) in [5, 5.41) is 4.23. The number of benzene rings is 2. The molecule has 5 heteroatoms. The van der Waals surface area contributed by atoms with Crippen molar-refractivity contribution in [1.82, 2.24) is 19.7 Å². The van der Waals surface area contributed by atoms with Gasteiger partial charge < -0.3 is 9.80 Å². The molecule has 0 spiro atoms. The first kappa shape index (κ1) is 14.0. The molecule has 23 heavy (non-hydrogen) atoms. The topological polar surface area (TPSA) is 37.2 Å². The van der Waals surface area contributed by atoms with Gasteiger partial charge in [0.2, 0.25) is 0 Å². The van der Waals surface area contributed by atoms with E-state index in [0.29, 0.717) is 0 Å². The number of fused-ring (bicyclic) bond motifs is 1. The van der Waals surface area contributed by atoms with Gasteiger partial charge >= 0.3 is 0 Å². The summed E-state index contributed by atoms with van der Waals surface area (Å²) >= 11 is 0. The third-order valence-corrected chi connectivity index (χ3v) is 4.25. The van der Waals surface area contributed by atoms with Crippen molar-refractivity contribution in [3.8, 4) is 5.69 Å². The number of aromatic nitrogens is 3. The van der Waals surface area contributed by atoms with Crippen LogP contribution >= 0.6 is 0 Å². The Morgan fingerprint density at radius 3 is 2.61 bits per heavy atom. The van der Waals surface area contributed by atoms with E-state index in [9.17, 15) is 0 Å². The summed E-state index contributed by atoms with van der Waals surface area (Å²) in [5.74, 6) is 0. The van der Waals surface area contributed by atoms with Gasteiger partial charge in [-0.15, -0.1) is 0 Å². The van der Waals surface area contributed by atoms with Crippen molar-refractivity contribution in [2.24, 2.45) is 0 Å². The predicted octanol–water partition coefficient (Wildman–Crippen LogP) is 2.85. The Morgan fingerprint density at radius 2 is 1.83 bits per heavy atom. The Bertz CT molecular complexity index is 782. The minimum Gasteiger partial charge on any atom is -0.340 e. The fourth-order valence-electron chi connectivity index (χ4n) is 3.08. The standard InChI is InChI=1S/C18H19N5/c1-21-9-10-22(16-5-3-2-4-6-16)18-8-7-17(11-15(18)12-21)23-14-19-13-20-23/h2-8,11,13-14H,9-10,12H2,1H3. The number of hydrogen-bond acceptors (Lipinski definition) is 4. The lowest BCUT2D eigenvalue weighted by Crippen LogP contribution is -2.26. The van der Waals surface area contributed by atoms with Gasteiger partial charge in [0.1, 0.15) is 12.7 Å². The van der Waals surface area contributed by atoms with E-state index in [-0.39, 0.29) is 0 Å². The van der Waals surface area contributed by atoms with Crippen molar-refractivity contribution >= 4 is 11.4 Å². The number of likely N-dealkylation sites (N-methyl/N-ethyl adjacent to an activating group) is 1. The molecule has 4 rings (SSSR count). The van der Waals surface area contributed by atoms with E-state index in [1.165, 1.54) is 16.9 Å². The summed E-state index contributed by atoms with van der Waals surface area (Å²) in [4.78, 5) is 8.78. The zero-order valence-corrected chi connectivity index (χ0v) is 13.1. The average Bonchev–Trinajstić information content (AvgIpc) is 3.06. The van der Waals surface area contributed by atoms with E-state index in [0.717, 1.165) is 25.3 Å². The van der Waals surface area contributed by atoms with E-state index in [2.05, 4.69) is 75.5 Å². The van der Waals surface area contributed by atoms with Crippen LogP contribution in [-0.2, 0) is 6.54 Å². The molecule has 2 aromatic carbocycles. The lowest BCUT2D eigenvalue weighted by molar-refractivity contribution is 0.343. The smallest absolute Gasteiger partial charge is 0.138 e. The zero-order valence-electron chi connectivity index (χ0n) is 13.1. The van der Waals surface area contributed by atoms with Crippen LogP contribution in [0, 0.1) is 0 Å². The maximum atomic E-state index is 4.23. The van der Waals surface area contributed by atoms with Crippen LogP contribution in [-0.4, -0.2) is 39.8 Å². The van der Waals surface area contributed by atoms with Crippen LogP contribution in [0.1, 0.15) is 5.56 Å². The van der Waals surface area contributed by atoms with Gasteiger partial charge in [-0.25, -0.2) is 9.67 Å². The summed E-state index contributed by atoms with van der Waals surface area (Å²) in [6, 6.07) is 17.1. The first-order valence-electron chi connectivity index (χ1n) is 7.80. The van der Waals surface area contributed by atoms with Crippen LogP contribution in [0.15, 0.2) is 61.2 Å². The molecular weight excluding hydrogens is 286 g/mol. The van der Waals surface area contributed by atoms with Crippen LogP contribution < -0.4 is 4.90 Å². The molecule has 0 amide bonds. The molecule has 1 aromatic heterocycles. The van der Waals surface area contributed by atoms with Crippen LogP contribution in [0.2, 0.25) is 0 Å². The van der Waals surface area contributed by atoms with Gasteiger partial charge in [-0.05, 0) is 42.9 Å². The van der Waals surface area contributed by atoms with Gasteiger partial charge in [0, 0.05) is 31.0 Å². The third kappa shape index (κ3) is 2.71. The molecule has 1 aliphatic rings. The average molecular weight is 305 g/mol. The molecule has 0 unspecified atom stereocenters. The van der Waals surface area contributed by atoms with Crippen LogP contribution in [0.5, 0.6) is 0 Å². The molecule has 0 saturated heterocycles. The SMILES string of the molecule is CN1CCN(c2ccccc2)c2ccc(-n3cncn3)cc2C1. The van der Waals surface area contributed by atoms with Crippen molar-refractivity contribution in [2.45, 2.75) is 6.54 Å². The van der Waals surface area contributed by atoms with Crippen molar-refractivity contribution < 1.29 is 0 Å². The Labute approximate surface area is 135 Å². The third-order valence-electron chi connectivity index (χ3n) is 4.25. The molecule has 0 N–H and O–H groups in total. The molecule has 5 nitrogen and oxygen atoms in total. The quantitative estimate of drug-likeness (QED) is 0.729. The lowest BCUT2D eigenvalue weighted by atomic mass is 10.1. The van der Waals surface area contributed by atoms with E-state index < -0.39 is 0 Å². The molecule has 116 valence electrons. The van der Waals surface area contributed by atoms with Crippen molar-refractivity contribution in [3.63, 3.8) is 0 Å². The summed E-state index contributed by atoms with van der Waals surface area (Å²) in [5.41, 5.74) is 4.85. The van der Waals surface area contributed by atoms with Crippen LogP contribution in [0.4, 0.5) is 11.4 Å². The van der Waals surface area contributed by atoms with E-state index in [1.54, 1.807) is 17.3 Å². The van der Waals surface area contributed by atoms with E-state index in [4.69, 9.17) is 0 Å². The molecule has 2 heterocycles. The summed E-state index contributed by atoms with van der Waals surface area (Å²) in [7, 11) is 2.17. The van der Waals surface area contributed by atoms with Crippen molar-refractivity contribution in [3.05, 3.63) is 66.7 Å². The first-order chi connectivity index (χ1) is 11.3. The molecule has 0 aliphatic carbocycles. The first-order valence-corrected chi connectivity index (χ1v) is 7.80. The number of rotatable bonds is 2. The second-order valence-corrected chi connectivity index (χ2v) is 5.88. The largest absolute Gasteiger partial charge is 0.340 e. The molecule has 0 saturated carbocycles.